The molecule has 3 aromatic rings. The molecule has 196 valence electrons. The Morgan fingerprint density at radius 3 is 2.76 bits per heavy atom. The van der Waals surface area contributed by atoms with Crippen LogP contribution in [0.4, 0.5) is 10.7 Å². The van der Waals surface area contributed by atoms with E-state index >= 15 is 0 Å². The van der Waals surface area contributed by atoms with Crippen LogP contribution < -0.4 is 10.6 Å². The van der Waals surface area contributed by atoms with Crippen molar-refractivity contribution in [2.75, 3.05) is 25.0 Å². The van der Waals surface area contributed by atoms with Gasteiger partial charge in [0.1, 0.15) is 5.69 Å². The summed E-state index contributed by atoms with van der Waals surface area (Å²) in [6.07, 6.45) is 7.74. The Morgan fingerprint density at radius 1 is 1.27 bits per heavy atom. The minimum absolute atomic E-state index is 0.0351. The van der Waals surface area contributed by atoms with Crippen LogP contribution in [0.2, 0.25) is 5.02 Å². The van der Waals surface area contributed by atoms with Crippen molar-refractivity contribution in [3.8, 4) is 10.6 Å². The number of likely N-dealkylation sites (tertiary alicyclic amines) is 1. The molecule has 1 saturated heterocycles. The number of benzene rings is 1. The summed E-state index contributed by atoms with van der Waals surface area (Å²) in [6.45, 7) is 4.15. The summed E-state index contributed by atoms with van der Waals surface area (Å²) in [5.41, 5.74) is 1.52. The number of nitrogens with zero attached hydrogens (tertiary/aromatic N) is 3. The van der Waals surface area contributed by atoms with Crippen LogP contribution in [0.5, 0.6) is 0 Å². The molecule has 3 heterocycles. The van der Waals surface area contributed by atoms with Gasteiger partial charge in [0, 0.05) is 41.3 Å². The quantitative estimate of drug-likeness (QED) is 0.276. The highest BCUT2D eigenvalue weighted by Gasteiger charge is 2.34. The normalized spacial score (nSPS) is 17.1. The topological polar surface area (TPSA) is 107 Å². The van der Waals surface area contributed by atoms with Crippen molar-refractivity contribution in [1.29, 1.82) is 0 Å². The molecule has 8 nitrogen and oxygen atoms in total. The van der Waals surface area contributed by atoms with Gasteiger partial charge in [-0.2, -0.15) is 0 Å². The molecule has 2 aliphatic rings. The third-order valence-corrected chi connectivity index (χ3v) is 9.09. The van der Waals surface area contributed by atoms with Gasteiger partial charge in [0.15, 0.2) is 0 Å². The minimum atomic E-state index is -0.821. The van der Waals surface area contributed by atoms with Crippen LogP contribution in [-0.4, -0.2) is 57.7 Å². The SMILES string of the molecule is CCC1(CCCNc2ncc(Cl)c(-c3cc4c(C(=O)NC5CC5)cccc4s3)n2)CCN(C(=O)O)CC1. The molecular formula is C27H32ClN5O3S. The number of nitrogens with one attached hydrogen (secondary N) is 2. The molecule has 1 aliphatic carbocycles. The maximum Gasteiger partial charge on any atom is 0.407 e. The highest BCUT2D eigenvalue weighted by molar-refractivity contribution is 7.22. The van der Waals surface area contributed by atoms with Crippen LogP contribution in [0.1, 0.15) is 62.2 Å². The fourth-order valence-corrected chi connectivity index (χ4v) is 6.45. The number of halogens is 1. The number of amides is 2. The molecule has 10 heteroatoms. The van der Waals surface area contributed by atoms with E-state index in [-0.39, 0.29) is 11.3 Å². The van der Waals surface area contributed by atoms with Gasteiger partial charge in [0.2, 0.25) is 5.95 Å². The van der Waals surface area contributed by atoms with Crippen molar-refractivity contribution in [2.45, 2.75) is 57.9 Å². The first-order valence-corrected chi connectivity index (χ1v) is 14.1. The van der Waals surface area contributed by atoms with Gasteiger partial charge in [-0.3, -0.25) is 4.79 Å². The van der Waals surface area contributed by atoms with E-state index in [1.165, 1.54) is 4.90 Å². The number of thiophene rings is 1. The monoisotopic (exact) mass is 541 g/mol. The first-order valence-electron chi connectivity index (χ1n) is 13.0. The second kappa shape index (κ2) is 10.8. The summed E-state index contributed by atoms with van der Waals surface area (Å²) in [7, 11) is 0. The second-order valence-electron chi connectivity index (χ2n) is 10.1. The lowest BCUT2D eigenvalue weighted by Crippen LogP contribution is -2.42. The lowest BCUT2D eigenvalue weighted by Gasteiger charge is -2.40. The number of carbonyl (C=O) groups excluding carboxylic acids is 1. The molecule has 1 aromatic carbocycles. The summed E-state index contributed by atoms with van der Waals surface area (Å²) in [5, 5.41) is 17.0. The third-order valence-electron chi connectivity index (χ3n) is 7.71. The molecular weight excluding hydrogens is 510 g/mol. The number of hydrogen-bond donors (Lipinski definition) is 3. The Kier molecular flexibility index (Phi) is 7.53. The van der Waals surface area contributed by atoms with E-state index in [1.807, 2.05) is 24.3 Å². The van der Waals surface area contributed by atoms with Gasteiger partial charge in [-0.25, -0.2) is 14.8 Å². The number of carboxylic acid groups (broad SMARTS) is 1. The van der Waals surface area contributed by atoms with Gasteiger partial charge < -0.3 is 20.6 Å². The lowest BCUT2D eigenvalue weighted by atomic mass is 9.73. The highest BCUT2D eigenvalue weighted by atomic mass is 35.5. The Hall–Kier alpha value is -2.91. The van der Waals surface area contributed by atoms with Crippen molar-refractivity contribution in [3.63, 3.8) is 0 Å². The maximum absolute atomic E-state index is 12.7. The largest absolute Gasteiger partial charge is 0.465 e. The molecule has 0 radical (unpaired) electrons. The number of anilines is 1. The molecule has 2 aromatic heterocycles. The van der Waals surface area contributed by atoms with Crippen LogP contribution in [0.15, 0.2) is 30.5 Å². The summed E-state index contributed by atoms with van der Waals surface area (Å²) in [6, 6.07) is 8.08. The van der Waals surface area contributed by atoms with Crippen LogP contribution in [0, 0.1) is 5.41 Å². The Balaban J connectivity index is 1.24. The summed E-state index contributed by atoms with van der Waals surface area (Å²) in [5.74, 6) is 0.488. The predicted molar refractivity (Wildman–Crippen MR) is 148 cm³/mol. The molecule has 5 rings (SSSR count). The van der Waals surface area contributed by atoms with E-state index in [0.717, 1.165) is 66.5 Å². The van der Waals surface area contributed by atoms with Crippen molar-refractivity contribution in [1.82, 2.24) is 20.2 Å². The Morgan fingerprint density at radius 2 is 2.05 bits per heavy atom. The average Bonchev–Trinajstić information content (AvgIpc) is 3.61. The summed E-state index contributed by atoms with van der Waals surface area (Å²) >= 11 is 8.06. The molecule has 0 atom stereocenters. The smallest absolute Gasteiger partial charge is 0.407 e. The predicted octanol–water partition coefficient (Wildman–Crippen LogP) is 6.27. The molecule has 0 unspecified atom stereocenters. The number of aromatic nitrogens is 2. The first kappa shape index (κ1) is 25.7. The van der Waals surface area contributed by atoms with E-state index in [9.17, 15) is 14.7 Å². The number of hydrogen-bond acceptors (Lipinski definition) is 6. The number of piperidine rings is 1. The molecule has 0 bridgehead atoms. The Labute approximate surface area is 225 Å². The fraction of sp³-hybridized carbons (Fsp3) is 0.481. The first-order chi connectivity index (χ1) is 17.9. The standard InChI is InChI=1S/C27H32ClN5O3S/c1-2-27(10-13-33(14-11-27)26(35)36)9-4-12-29-25-30-16-20(28)23(32-25)22-15-19-18(5-3-6-21(19)37-22)24(34)31-17-7-8-17/h3,5-6,15-17H,2,4,7-14H2,1H3,(H,31,34)(H,35,36)(H,29,30,32). The minimum Gasteiger partial charge on any atom is -0.465 e. The summed E-state index contributed by atoms with van der Waals surface area (Å²) < 4.78 is 1.02. The van der Waals surface area contributed by atoms with E-state index in [4.69, 9.17) is 16.6 Å². The van der Waals surface area contributed by atoms with Crippen molar-refractivity contribution < 1.29 is 14.7 Å². The van der Waals surface area contributed by atoms with Crippen LogP contribution >= 0.6 is 22.9 Å². The van der Waals surface area contributed by atoms with Gasteiger partial charge in [-0.1, -0.05) is 31.0 Å². The molecule has 1 saturated carbocycles. The second-order valence-corrected chi connectivity index (χ2v) is 11.6. The van der Waals surface area contributed by atoms with Crippen molar-refractivity contribution >= 4 is 51.0 Å². The van der Waals surface area contributed by atoms with E-state index in [2.05, 4.69) is 22.5 Å². The zero-order chi connectivity index (χ0) is 26.0. The third kappa shape index (κ3) is 5.83. The van der Waals surface area contributed by atoms with E-state index < -0.39 is 6.09 Å². The van der Waals surface area contributed by atoms with Gasteiger partial charge in [-0.15, -0.1) is 11.3 Å². The zero-order valence-electron chi connectivity index (χ0n) is 20.9. The molecule has 3 N–H and O–H groups in total. The van der Waals surface area contributed by atoms with Crippen molar-refractivity contribution in [2.24, 2.45) is 5.41 Å². The molecule has 2 amide bonds. The van der Waals surface area contributed by atoms with Gasteiger partial charge in [0.25, 0.3) is 5.91 Å². The highest BCUT2D eigenvalue weighted by Crippen LogP contribution is 2.40. The number of rotatable bonds is 9. The number of fused-ring (bicyclic) bond motifs is 1. The maximum atomic E-state index is 12.7. The molecule has 37 heavy (non-hydrogen) atoms. The molecule has 2 fully saturated rings. The van der Waals surface area contributed by atoms with Gasteiger partial charge in [-0.05, 0) is 62.1 Å². The zero-order valence-corrected chi connectivity index (χ0v) is 22.5. The van der Waals surface area contributed by atoms with E-state index in [0.29, 0.717) is 41.4 Å². The van der Waals surface area contributed by atoms with Crippen LogP contribution in [-0.2, 0) is 0 Å². The van der Waals surface area contributed by atoms with Crippen LogP contribution in [0.3, 0.4) is 0 Å². The molecule has 0 spiro atoms. The van der Waals surface area contributed by atoms with E-state index in [1.54, 1.807) is 17.5 Å². The Bertz CT molecular complexity index is 1300. The van der Waals surface area contributed by atoms with Gasteiger partial charge in [0.05, 0.1) is 16.1 Å². The van der Waals surface area contributed by atoms with Crippen LogP contribution in [0.25, 0.3) is 20.7 Å². The lowest BCUT2D eigenvalue weighted by molar-refractivity contribution is 0.0805. The fourth-order valence-electron chi connectivity index (χ4n) is 5.11. The number of carbonyl (C=O) groups is 2. The molecule has 1 aliphatic heterocycles. The summed E-state index contributed by atoms with van der Waals surface area (Å²) in [4.78, 5) is 35.5. The van der Waals surface area contributed by atoms with Crippen molar-refractivity contribution in [3.05, 3.63) is 41.0 Å². The van der Waals surface area contributed by atoms with Gasteiger partial charge >= 0.3 is 6.09 Å². The average molecular weight is 542 g/mol.